The number of amides is 1. The first-order valence-electron chi connectivity index (χ1n) is 7.92. The van der Waals surface area contributed by atoms with Crippen LogP contribution in [0.5, 0.6) is 0 Å². The lowest BCUT2D eigenvalue weighted by Gasteiger charge is -2.21. The lowest BCUT2D eigenvalue weighted by Crippen LogP contribution is -2.37. The molecule has 1 N–H and O–H groups in total. The Morgan fingerprint density at radius 3 is 2.31 bits per heavy atom. The summed E-state index contributed by atoms with van der Waals surface area (Å²) in [6.07, 6.45) is 0. The van der Waals surface area contributed by atoms with Crippen molar-refractivity contribution >= 4 is 21.6 Å². The van der Waals surface area contributed by atoms with E-state index >= 15 is 0 Å². The molecule has 0 atom stereocenters. The van der Waals surface area contributed by atoms with Gasteiger partial charge < -0.3 is 4.90 Å². The first kappa shape index (κ1) is 20.0. The summed E-state index contributed by atoms with van der Waals surface area (Å²) in [7, 11) is -3.74. The first-order valence-corrected chi connectivity index (χ1v) is 9.40. The van der Waals surface area contributed by atoms with Crippen LogP contribution in [-0.4, -0.2) is 27.4 Å². The fraction of sp³-hybridized carbons (Fsp3) is 0.278. The molecule has 0 unspecified atom stereocenters. The second-order valence-electron chi connectivity index (χ2n) is 5.91. The lowest BCUT2D eigenvalue weighted by atomic mass is 10.1. The van der Waals surface area contributed by atoms with Crippen LogP contribution in [0.15, 0.2) is 41.3 Å². The number of anilines is 1. The maximum absolute atomic E-state index is 13.4. The van der Waals surface area contributed by atoms with Crippen molar-refractivity contribution in [1.29, 1.82) is 0 Å². The Labute approximate surface area is 151 Å². The first-order chi connectivity index (χ1) is 12.1. The van der Waals surface area contributed by atoms with E-state index in [0.717, 1.165) is 23.3 Å². The van der Waals surface area contributed by atoms with Gasteiger partial charge in [-0.25, -0.2) is 21.9 Å². The van der Waals surface area contributed by atoms with Crippen molar-refractivity contribution in [2.45, 2.75) is 25.7 Å². The minimum atomic E-state index is -3.74. The normalized spacial score (nSPS) is 11.4. The molecule has 0 aliphatic carbocycles. The predicted octanol–water partition coefficient (Wildman–Crippen LogP) is 2.91. The Bertz CT molecular complexity index is 930. The van der Waals surface area contributed by atoms with Gasteiger partial charge in [0.1, 0.15) is 0 Å². The van der Waals surface area contributed by atoms with Gasteiger partial charge in [0, 0.05) is 31.8 Å². The van der Waals surface area contributed by atoms with E-state index in [4.69, 9.17) is 0 Å². The van der Waals surface area contributed by atoms with Gasteiger partial charge in [-0.2, -0.15) is 0 Å². The molecule has 0 aromatic heterocycles. The molecule has 0 aliphatic rings. The molecule has 26 heavy (non-hydrogen) atoms. The summed E-state index contributed by atoms with van der Waals surface area (Å²) in [4.78, 5) is 13.1. The Kier molecular flexibility index (Phi) is 6.09. The van der Waals surface area contributed by atoms with Gasteiger partial charge in [0.25, 0.3) is 0 Å². The zero-order valence-electron chi connectivity index (χ0n) is 14.7. The zero-order chi connectivity index (χ0) is 19.5. The van der Waals surface area contributed by atoms with Crippen molar-refractivity contribution in [1.82, 2.24) is 4.72 Å². The van der Waals surface area contributed by atoms with E-state index < -0.39 is 27.6 Å². The minimum absolute atomic E-state index is 0.0233. The van der Waals surface area contributed by atoms with Crippen LogP contribution in [0.25, 0.3) is 0 Å². The second-order valence-corrected chi connectivity index (χ2v) is 7.68. The third kappa shape index (κ3) is 4.64. The summed E-state index contributed by atoms with van der Waals surface area (Å²) < 4.78 is 53.6. The number of hydrogen-bond donors (Lipinski definition) is 1. The topological polar surface area (TPSA) is 66.5 Å². The van der Waals surface area contributed by atoms with Crippen molar-refractivity contribution in [2.24, 2.45) is 0 Å². The fourth-order valence-electron chi connectivity index (χ4n) is 2.38. The highest BCUT2D eigenvalue weighted by molar-refractivity contribution is 7.89. The Balaban J connectivity index is 2.10. The largest absolute Gasteiger partial charge is 0.311 e. The fourth-order valence-corrected chi connectivity index (χ4v) is 3.48. The van der Waals surface area contributed by atoms with Crippen LogP contribution in [0, 0.1) is 25.5 Å². The van der Waals surface area contributed by atoms with Crippen molar-refractivity contribution in [2.75, 3.05) is 18.0 Å². The van der Waals surface area contributed by atoms with Gasteiger partial charge >= 0.3 is 0 Å². The van der Waals surface area contributed by atoms with Crippen molar-refractivity contribution in [3.8, 4) is 0 Å². The van der Waals surface area contributed by atoms with Gasteiger partial charge in [-0.15, -0.1) is 0 Å². The van der Waals surface area contributed by atoms with Crippen LogP contribution < -0.4 is 9.62 Å². The molecule has 0 spiro atoms. The van der Waals surface area contributed by atoms with Gasteiger partial charge in [0.05, 0.1) is 4.90 Å². The van der Waals surface area contributed by atoms with Crippen LogP contribution >= 0.6 is 0 Å². The van der Waals surface area contributed by atoms with Crippen molar-refractivity contribution < 1.29 is 22.0 Å². The summed E-state index contributed by atoms with van der Waals surface area (Å²) in [5.74, 6) is -2.52. The molecular formula is C18H20F2N2O3S. The van der Waals surface area contributed by atoms with Crippen LogP contribution in [0.4, 0.5) is 14.5 Å². The van der Waals surface area contributed by atoms with Crippen LogP contribution in [0.1, 0.15) is 18.1 Å². The highest BCUT2D eigenvalue weighted by Gasteiger charge is 2.17. The maximum Gasteiger partial charge on any atom is 0.240 e. The number of halogens is 2. The molecule has 2 aromatic rings. The smallest absolute Gasteiger partial charge is 0.240 e. The molecule has 0 fully saturated rings. The van der Waals surface area contributed by atoms with Gasteiger partial charge in [-0.3, -0.25) is 4.79 Å². The molecule has 0 bridgehead atoms. The van der Waals surface area contributed by atoms with Crippen LogP contribution in [0.2, 0.25) is 0 Å². The van der Waals surface area contributed by atoms with E-state index in [1.54, 1.807) is 12.1 Å². The maximum atomic E-state index is 13.4. The number of aryl methyl sites for hydroxylation is 2. The van der Waals surface area contributed by atoms with Crippen molar-refractivity contribution in [3.63, 3.8) is 0 Å². The second kappa shape index (κ2) is 7.92. The van der Waals surface area contributed by atoms with Crippen molar-refractivity contribution in [3.05, 3.63) is 59.2 Å². The highest BCUT2D eigenvalue weighted by Crippen LogP contribution is 2.18. The predicted molar refractivity (Wildman–Crippen MR) is 95.5 cm³/mol. The standard InChI is InChI=1S/C18H20F2N2O3S/c1-12-4-6-16(10-13(12)2)26(24,25)21-8-9-22(14(3)23)15-5-7-17(19)18(20)11-15/h4-7,10-11,21H,8-9H2,1-3H3. The molecule has 0 radical (unpaired) electrons. The van der Waals surface area contributed by atoms with Crippen LogP contribution in [-0.2, 0) is 14.8 Å². The van der Waals surface area contributed by atoms with E-state index in [9.17, 15) is 22.0 Å². The number of nitrogens with zero attached hydrogens (tertiary/aromatic N) is 1. The molecule has 1 amide bonds. The average molecular weight is 382 g/mol. The van der Waals surface area contributed by atoms with E-state index in [-0.39, 0.29) is 23.7 Å². The molecule has 2 aromatic carbocycles. The molecule has 0 saturated heterocycles. The Morgan fingerprint density at radius 1 is 1.04 bits per heavy atom. The summed E-state index contributed by atoms with van der Waals surface area (Å²) in [6, 6.07) is 7.86. The van der Waals surface area contributed by atoms with Gasteiger partial charge in [-0.1, -0.05) is 6.07 Å². The number of sulfonamides is 1. The van der Waals surface area contributed by atoms with E-state index in [1.807, 2.05) is 13.8 Å². The highest BCUT2D eigenvalue weighted by atomic mass is 32.2. The molecule has 5 nitrogen and oxygen atoms in total. The summed E-state index contributed by atoms with van der Waals surface area (Å²) in [6.45, 7) is 4.86. The zero-order valence-corrected chi connectivity index (χ0v) is 15.5. The van der Waals surface area contributed by atoms with Gasteiger partial charge in [-0.05, 0) is 49.2 Å². The summed E-state index contributed by atoms with van der Waals surface area (Å²) >= 11 is 0. The molecule has 0 saturated carbocycles. The van der Waals surface area contributed by atoms with E-state index in [1.165, 1.54) is 24.0 Å². The monoisotopic (exact) mass is 382 g/mol. The molecule has 140 valence electrons. The van der Waals surface area contributed by atoms with E-state index in [0.29, 0.717) is 0 Å². The number of rotatable bonds is 6. The number of benzene rings is 2. The van der Waals surface area contributed by atoms with E-state index in [2.05, 4.69) is 4.72 Å². The molecular weight excluding hydrogens is 362 g/mol. The number of carbonyl (C=O) groups is 1. The third-order valence-electron chi connectivity index (χ3n) is 4.01. The molecule has 0 heterocycles. The van der Waals surface area contributed by atoms with Crippen LogP contribution in [0.3, 0.4) is 0 Å². The minimum Gasteiger partial charge on any atom is -0.311 e. The Hall–Kier alpha value is -2.32. The number of nitrogens with one attached hydrogen (secondary N) is 1. The van der Waals surface area contributed by atoms with Gasteiger partial charge in [0.2, 0.25) is 15.9 Å². The SMILES string of the molecule is CC(=O)N(CCNS(=O)(=O)c1ccc(C)c(C)c1)c1ccc(F)c(F)c1. The quantitative estimate of drug-likeness (QED) is 0.835. The molecule has 2 rings (SSSR count). The summed E-state index contributed by atoms with van der Waals surface area (Å²) in [5.41, 5.74) is 1.98. The number of hydrogen-bond acceptors (Lipinski definition) is 3. The lowest BCUT2D eigenvalue weighted by molar-refractivity contribution is -0.116. The summed E-state index contributed by atoms with van der Waals surface area (Å²) in [5, 5.41) is 0. The van der Waals surface area contributed by atoms with Gasteiger partial charge in [0.15, 0.2) is 11.6 Å². The number of carbonyl (C=O) groups excluding carboxylic acids is 1. The Morgan fingerprint density at radius 2 is 1.73 bits per heavy atom. The third-order valence-corrected chi connectivity index (χ3v) is 5.47. The average Bonchev–Trinajstić information content (AvgIpc) is 2.56. The molecule has 0 aliphatic heterocycles. The molecule has 8 heteroatoms.